The summed E-state index contributed by atoms with van der Waals surface area (Å²) in [4.78, 5) is 0.592. The number of thioether (sulfide) groups is 1. The molecule has 1 fully saturated rings. The van der Waals surface area contributed by atoms with Gasteiger partial charge in [0.15, 0.2) is 0 Å². The van der Waals surface area contributed by atoms with Crippen molar-refractivity contribution in [3.63, 3.8) is 0 Å². The van der Waals surface area contributed by atoms with Crippen LogP contribution in [0.4, 0.5) is 13.2 Å². The van der Waals surface area contributed by atoms with Crippen LogP contribution >= 0.6 is 11.8 Å². The maximum Gasteiger partial charge on any atom is 0.417 e. The van der Waals surface area contributed by atoms with E-state index < -0.39 is 17.6 Å². The van der Waals surface area contributed by atoms with Gasteiger partial charge in [0.1, 0.15) is 5.84 Å². The van der Waals surface area contributed by atoms with E-state index >= 15 is 0 Å². The number of nitrogens with one attached hydrogen (secondary N) is 1. The lowest BCUT2D eigenvalue weighted by Gasteiger charge is -2.14. The maximum absolute atomic E-state index is 13.0. The van der Waals surface area contributed by atoms with E-state index in [2.05, 4.69) is 0 Å². The van der Waals surface area contributed by atoms with E-state index in [4.69, 9.17) is 11.1 Å². The lowest BCUT2D eigenvalue weighted by Crippen LogP contribution is -2.18. The summed E-state index contributed by atoms with van der Waals surface area (Å²) in [5.74, 6) is 0.919. The molecule has 0 atom stereocenters. The Morgan fingerprint density at radius 3 is 2.50 bits per heavy atom. The van der Waals surface area contributed by atoms with Gasteiger partial charge in [0.2, 0.25) is 0 Å². The lowest BCUT2D eigenvalue weighted by molar-refractivity contribution is -0.137. The van der Waals surface area contributed by atoms with Gasteiger partial charge in [0, 0.05) is 16.2 Å². The first kappa shape index (κ1) is 15.2. The Morgan fingerprint density at radius 2 is 1.95 bits per heavy atom. The average molecular weight is 302 g/mol. The first-order valence-electron chi connectivity index (χ1n) is 6.56. The number of benzene rings is 1. The highest BCUT2D eigenvalue weighted by Gasteiger charge is 2.34. The van der Waals surface area contributed by atoms with Gasteiger partial charge in [-0.3, -0.25) is 5.41 Å². The molecule has 2 nitrogen and oxygen atoms in total. The molecule has 1 aromatic rings. The van der Waals surface area contributed by atoms with Crippen molar-refractivity contribution in [1.29, 1.82) is 5.41 Å². The molecular formula is C14H17F3N2S. The van der Waals surface area contributed by atoms with E-state index in [1.807, 2.05) is 0 Å². The Labute approximate surface area is 120 Å². The van der Waals surface area contributed by atoms with Crippen molar-refractivity contribution in [1.82, 2.24) is 0 Å². The van der Waals surface area contributed by atoms with E-state index in [0.29, 0.717) is 10.8 Å². The molecule has 20 heavy (non-hydrogen) atoms. The molecule has 0 heterocycles. The SMILES string of the molecule is N=C(N)c1ccc(SCC2CCCC2)cc1C(F)(F)F. The van der Waals surface area contributed by atoms with E-state index in [0.717, 1.165) is 11.8 Å². The molecule has 6 heteroatoms. The van der Waals surface area contributed by atoms with Gasteiger partial charge in [-0.05, 0) is 37.0 Å². The van der Waals surface area contributed by atoms with Crippen LogP contribution in [0.15, 0.2) is 23.1 Å². The molecule has 2 rings (SSSR count). The normalized spacial score (nSPS) is 16.6. The maximum atomic E-state index is 13.0. The van der Waals surface area contributed by atoms with Gasteiger partial charge < -0.3 is 5.73 Å². The third-order valence-corrected chi connectivity index (χ3v) is 4.77. The Hall–Kier alpha value is -1.17. The van der Waals surface area contributed by atoms with Crippen molar-refractivity contribution in [2.45, 2.75) is 36.8 Å². The van der Waals surface area contributed by atoms with E-state index in [1.165, 1.54) is 43.5 Å². The standard InChI is InChI=1S/C14H17F3N2S/c15-14(16,17)12-7-10(5-6-11(12)13(18)19)20-8-9-3-1-2-4-9/h5-7,9H,1-4,8H2,(H3,18,19). The minimum atomic E-state index is -4.48. The van der Waals surface area contributed by atoms with Crippen LogP contribution in [-0.2, 0) is 6.18 Å². The summed E-state index contributed by atoms with van der Waals surface area (Å²) < 4.78 is 38.9. The molecule has 0 aromatic heterocycles. The molecule has 0 saturated heterocycles. The van der Waals surface area contributed by atoms with Crippen LogP contribution < -0.4 is 5.73 Å². The van der Waals surface area contributed by atoms with Gasteiger partial charge >= 0.3 is 6.18 Å². The fourth-order valence-electron chi connectivity index (χ4n) is 2.47. The zero-order chi connectivity index (χ0) is 14.8. The summed E-state index contributed by atoms with van der Waals surface area (Å²) in [6, 6.07) is 4.02. The molecule has 3 N–H and O–H groups in total. The number of rotatable bonds is 4. The minimum Gasteiger partial charge on any atom is -0.384 e. The first-order chi connectivity index (χ1) is 9.38. The molecule has 0 bridgehead atoms. The van der Waals surface area contributed by atoms with E-state index in [1.54, 1.807) is 6.07 Å². The summed E-state index contributed by atoms with van der Waals surface area (Å²) in [6.45, 7) is 0. The molecule has 0 amide bonds. The van der Waals surface area contributed by atoms with Crippen molar-refractivity contribution in [3.8, 4) is 0 Å². The topological polar surface area (TPSA) is 49.9 Å². The summed E-state index contributed by atoms with van der Waals surface area (Å²) in [5.41, 5.74) is 4.15. The van der Waals surface area contributed by atoms with Crippen LogP contribution in [0.2, 0.25) is 0 Å². The van der Waals surface area contributed by atoms with Gasteiger partial charge in [0.25, 0.3) is 0 Å². The number of nitrogen functional groups attached to an aromatic ring is 1. The van der Waals surface area contributed by atoms with E-state index in [-0.39, 0.29) is 5.56 Å². The molecule has 1 aliphatic carbocycles. The smallest absolute Gasteiger partial charge is 0.384 e. The lowest BCUT2D eigenvalue weighted by atomic mass is 10.1. The van der Waals surface area contributed by atoms with Crippen molar-refractivity contribution in [3.05, 3.63) is 29.3 Å². The monoisotopic (exact) mass is 302 g/mol. The van der Waals surface area contributed by atoms with Gasteiger partial charge in [-0.15, -0.1) is 11.8 Å². The molecule has 110 valence electrons. The predicted molar refractivity (Wildman–Crippen MR) is 75.1 cm³/mol. The number of hydrogen-bond acceptors (Lipinski definition) is 2. The van der Waals surface area contributed by atoms with Crippen LogP contribution in [-0.4, -0.2) is 11.6 Å². The summed E-state index contributed by atoms with van der Waals surface area (Å²) in [5, 5.41) is 7.24. The average Bonchev–Trinajstić information content (AvgIpc) is 2.88. The second kappa shape index (κ2) is 6.08. The molecule has 0 radical (unpaired) electrons. The number of alkyl halides is 3. The zero-order valence-electron chi connectivity index (χ0n) is 11.0. The van der Waals surface area contributed by atoms with Crippen molar-refractivity contribution in [2.75, 3.05) is 5.75 Å². The zero-order valence-corrected chi connectivity index (χ0v) is 11.8. The van der Waals surface area contributed by atoms with Crippen LogP contribution in [0.1, 0.15) is 36.8 Å². The molecule has 1 saturated carbocycles. The van der Waals surface area contributed by atoms with Crippen LogP contribution in [0.5, 0.6) is 0 Å². The molecule has 0 unspecified atom stereocenters. The van der Waals surface area contributed by atoms with Gasteiger partial charge in [-0.25, -0.2) is 0 Å². The van der Waals surface area contributed by atoms with Crippen LogP contribution in [0, 0.1) is 11.3 Å². The highest BCUT2D eigenvalue weighted by molar-refractivity contribution is 7.99. The fourth-order valence-corrected chi connectivity index (χ4v) is 3.60. The summed E-state index contributed by atoms with van der Waals surface area (Å²) in [6.07, 6.45) is 0.310. The summed E-state index contributed by atoms with van der Waals surface area (Å²) in [7, 11) is 0. The molecule has 0 spiro atoms. The van der Waals surface area contributed by atoms with Gasteiger partial charge in [-0.2, -0.15) is 13.2 Å². The second-order valence-electron chi connectivity index (χ2n) is 5.08. The Balaban J connectivity index is 2.16. The third kappa shape index (κ3) is 3.69. The third-order valence-electron chi connectivity index (χ3n) is 3.55. The highest BCUT2D eigenvalue weighted by Crippen LogP contribution is 2.36. The largest absolute Gasteiger partial charge is 0.417 e. The molecule has 1 aliphatic rings. The highest BCUT2D eigenvalue weighted by atomic mass is 32.2. The first-order valence-corrected chi connectivity index (χ1v) is 7.55. The number of halogens is 3. The van der Waals surface area contributed by atoms with Crippen molar-refractivity contribution >= 4 is 17.6 Å². The molecule has 0 aliphatic heterocycles. The number of nitrogens with two attached hydrogens (primary N) is 1. The van der Waals surface area contributed by atoms with Crippen molar-refractivity contribution in [2.24, 2.45) is 11.7 Å². The Kier molecular flexibility index (Phi) is 4.62. The second-order valence-corrected chi connectivity index (χ2v) is 6.17. The van der Waals surface area contributed by atoms with Gasteiger partial charge in [0.05, 0.1) is 5.56 Å². The predicted octanol–water partition coefficient (Wildman–Crippen LogP) is 4.27. The minimum absolute atomic E-state index is 0.247. The molecule has 1 aromatic carbocycles. The van der Waals surface area contributed by atoms with Gasteiger partial charge in [-0.1, -0.05) is 12.8 Å². The quantitative estimate of drug-likeness (QED) is 0.496. The molecular weight excluding hydrogens is 285 g/mol. The Morgan fingerprint density at radius 1 is 1.30 bits per heavy atom. The number of amidine groups is 1. The van der Waals surface area contributed by atoms with Crippen molar-refractivity contribution < 1.29 is 13.2 Å². The summed E-state index contributed by atoms with van der Waals surface area (Å²) >= 11 is 1.46. The van der Waals surface area contributed by atoms with Crippen LogP contribution in [0.3, 0.4) is 0 Å². The Bertz CT molecular complexity index is 494. The fraction of sp³-hybridized carbons (Fsp3) is 0.500. The number of hydrogen-bond donors (Lipinski definition) is 2. The van der Waals surface area contributed by atoms with Crippen LogP contribution in [0.25, 0.3) is 0 Å². The van der Waals surface area contributed by atoms with E-state index in [9.17, 15) is 13.2 Å².